The first-order valence-electron chi connectivity index (χ1n) is 5.06. The molecule has 17 heavy (non-hydrogen) atoms. The number of hydrogen-bond acceptors (Lipinski definition) is 4. The second kappa shape index (κ2) is 4.97. The smallest absolute Gasteiger partial charge is 0.330 e. The lowest BCUT2D eigenvalue weighted by molar-refractivity contribution is -0.137. The SMILES string of the molecule is CCOC(=O)C=Cc1cnc2ccc(Cl)nn12. The number of halogens is 1. The van der Waals surface area contributed by atoms with E-state index in [4.69, 9.17) is 16.3 Å². The molecule has 0 bridgehead atoms. The maximum atomic E-state index is 11.2. The largest absolute Gasteiger partial charge is 0.463 e. The molecule has 0 aliphatic carbocycles. The van der Waals surface area contributed by atoms with Gasteiger partial charge in [0.1, 0.15) is 5.15 Å². The summed E-state index contributed by atoms with van der Waals surface area (Å²) in [6.07, 6.45) is 4.52. The van der Waals surface area contributed by atoms with Crippen LogP contribution in [0, 0.1) is 0 Å². The number of imidazole rings is 1. The minimum atomic E-state index is -0.399. The van der Waals surface area contributed by atoms with Crippen LogP contribution in [0.3, 0.4) is 0 Å². The van der Waals surface area contributed by atoms with Gasteiger partial charge in [-0.15, -0.1) is 0 Å². The number of hydrogen-bond donors (Lipinski definition) is 0. The first kappa shape index (κ1) is 11.6. The molecule has 0 aromatic carbocycles. The molecular weight excluding hydrogens is 242 g/mol. The molecule has 0 saturated heterocycles. The molecule has 88 valence electrons. The second-order valence-corrected chi connectivity index (χ2v) is 3.58. The van der Waals surface area contributed by atoms with Gasteiger partial charge in [-0.2, -0.15) is 5.10 Å². The van der Waals surface area contributed by atoms with Crippen molar-refractivity contribution in [3.63, 3.8) is 0 Å². The van der Waals surface area contributed by atoms with Gasteiger partial charge in [0.05, 0.1) is 18.5 Å². The Bertz CT molecular complexity index is 577. The number of fused-ring (bicyclic) bond motifs is 1. The van der Waals surface area contributed by atoms with Crippen LogP contribution in [0.5, 0.6) is 0 Å². The van der Waals surface area contributed by atoms with Gasteiger partial charge in [-0.05, 0) is 25.1 Å². The molecule has 0 atom stereocenters. The van der Waals surface area contributed by atoms with E-state index in [0.717, 1.165) is 0 Å². The van der Waals surface area contributed by atoms with Crippen molar-refractivity contribution in [3.05, 3.63) is 35.3 Å². The fraction of sp³-hybridized carbons (Fsp3) is 0.182. The number of esters is 1. The third kappa shape index (κ3) is 2.62. The first-order valence-corrected chi connectivity index (χ1v) is 5.43. The Hall–Kier alpha value is -1.88. The number of aromatic nitrogens is 3. The molecule has 0 radical (unpaired) electrons. The summed E-state index contributed by atoms with van der Waals surface area (Å²) in [7, 11) is 0. The summed E-state index contributed by atoms with van der Waals surface area (Å²) in [5.74, 6) is -0.399. The monoisotopic (exact) mass is 251 g/mol. The van der Waals surface area contributed by atoms with Crippen LogP contribution in [-0.2, 0) is 9.53 Å². The van der Waals surface area contributed by atoms with Gasteiger partial charge in [0.15, 0.2) is 5.65 Å². The van der Waals surface area contributed by atoms with Crippen molar-refractivity contribution in [3.8, 4) is 0 Å². The Morgan fingerprint density at radius 3 is 3.18 bits per heavy atom. The highest BCUT2D eigenvalue weighted by Gasteiger charge is 2.03. The van der Waals surface area contributed by atoms with Gasteiger partial charge in [0.25, 0.3) is 0 Å². The topological polar surface area (TPSA) is 56.5 Å². The number of carbonyl (C=O) groups is 1. The van der Waals surface area contributed by atoms with E-state index >= 15 is 0 Å². The Morgan fingerprint density at radius 1 is 1.59 bits per heavy atom. The minimum absolute atomic E-state index is 0.348. The fourth-order valence-corrected chi connectivity index (χ4v) is 1.46. The summed E-state index contributed by atoms with van der Waals surface area (Å²) in [6, 6.07) is 3.40. The highest BCUT2D eigenvalue weighted by molar-refractivity contribution is 6.29. The molecule has 2 rings (SSSR count). The number of rotatable bonds is 3. The van der Waals surface area contributed by atoms with Crippen LogP contribution in [-0.4, -0.2) is 27.2 Å². The zero-order valence-electron chi connectivity index (χ0n) is 9.13. The van der Waals surface area contributed by atoms with E-state index < -0.39 is 5.97 Å². The number of carbonyl (C=O) groups excluding carboxylic acids is 1. The van der Waals surface area contributed by atoms with Gasteiger partial charge >= 0.3 is 5.97 Å². The molecular formula is C11H10ClN3O2. The summed E-state index contributed by atoms with van der Waals surface area (Å²) in [4.78, 5) is 15.3. The van der Waals surface area contributed by atoms with E-state index in [1.165, 1.54) is 6.08 Å². The maximum Gasteiger partial charge on any atom is 0.330 e. The van der Waals surface area contributed by atoms with Crippen molar-refractivity contribution in [2.24, 2.45) is 0 Å². The normalized spacial score (nSPS) is 11.2. The van der Waals surface area contributed by atoms with E-state index in [2.05, 4.69) is 10.1 Å². The molecule has 0 unspecified atom stereocenters. The Labute approximate surface area is 103 Å². The predicted octanol–water partition coefficient (Wildman–Crippen LogP) is 1.96. The van der Waals surface area contributed by atoms with Crippen molar-refractivity contribution in [2.45, 2.75) is 6.92 Å². The fourth-order valence-electron chi connectivity index (χ4n) is 1.33. The van der Waals surface area contributed by atoms with Crippen molar-refractivity contribution in [1.29, 1.82) is 0 Å². The van der Waals surface area contributed by atoms with E-state index in [-0.39, 0.29) is 0 Å². The Balaban J connectivity index is 2.30. The molecule has 2 heterocycles. The summed E-state index contributed by atoms with van der Waals surface area (Å²) >= 11 is 5.78. The highest BCUT2D eigenvalue weighted by Crippen LogP contribution is 2.10. The van der Waals surface area contributed by atoms with E-state index in [9.17, 15) is 4.79 Å². The van der Waals surface area contributed by atoms with Crippen molar-refractivity contribution in [2.75, 3.05) is 6.61 Å². The molecule has 0 amide bonds. The standard InChI is InChI=1S/C11H10ClN3O2/c1-2-17-11(16)6-3-8-7-13-10-5-4-9(12)14-15(8)10/h3-7H,2H2,1H3. The van der Waals surface area contributed by atoms with Crippen molar-refractivity contribution >= 4 is 29.3 Å². The maximum absolute atomic E-state index is 11.2. The molecule has 0 N–H and O–H groups in total. The number of nitrogens with zero attached hydrogens (tertiary/aromatic N) is 3. The Kier molecular flexibility index (Phi) is 3.39. The Morgan fingerprint density at radius 2 is 2.41 bits per heavy atom. The van der Waals surface area contributed by atoms with Gasteiger partial charge in [-0.3, -0.25) is 0 Å². The molecule has 2 aromatic rings. The predicted molar refractivity (Wildman–Crippen MR) is 63.7 cm³/mol. The number of ether oxygens (including phenoxy) is 1. The lowest BCUT2D eigenvalue weighted by Crippen LogP contribution is -1.99. The van der Waals surface area contributed by atoms with Gasteiger partial charge in [0, 0.05) is 6.08 Å². The second-order valence-electron chi connectivity index (χ2n) is 3.19. The van der Waals surface area contributed by atoms with E-state index in [1.807, 2.05) is 0 Å². The van der Waals surface area contributed by atoms with Crippen LogP contribution < -0.4 is 0 Å². The molecule has 0 aliphatic rings. The van der Waals surface area contributed by atoms with Crippen molar-refractivity contribution < 1.29 is 9.53 Å². The molecule has 0 spiro atoms. The quantitative estimate of drug-likeness (QED) is 0.618. The zero-order chi connectivity index (χ0) is 12.3. The van der Waals surface area contributed by atoms with Crippen LogP contribution in [0.25, 0.3) is 11.7 Å². The lowest BCUT2D eigenvalue weighted by Gasteiger charge is -1.96. The molecule has 2 aromatic heterocycles. The van der Waals surface area contributed by atoms with E-state index in [0.29, 0.717) is 23.1 Å². The third-order valence-corrected chi connectivity index (χ3v) is 2.23. The molecule has 0 aliphatic heterocycles. The van der Waals surface area contributed by atoms with Gasteiger partial charge in [-0.1, -0.05) is 11.6 Å². The summed E-state index contributed by atoms with van der Waals surface area (Å²) in [5, 5.41) is 4.44. The average Bonchev–Trinajstić information content (AvgIpc) is 2.69. The van der Waals surface area contributed by atoms with Crippen LogP contribution in [0.1, 0.15) is 12.6 Å². The summed E-state index contributed by atoms with van der Waals surface area (Å²) in [5.41, 5.74) is 1.33. The van der Waals surface area contributed by atoms with E-state index in [1.54, 1.807) is 35.8 Å². The first-order chi connectivity index (χ1) is 8.20. The van der Waals surface area contributed by atoms with Crippen LogP contribution in [0.15, 0.2) is 24.4 Å². The highest BCUT2D eigenvalue weighted by atomic mass is 35.5. The average molecular weight is 252 g/mol. The lowest BCUT2D eigenvalue weighted by atomic mass is 10.4. The van der Waals surface area contributed by atoms with Gasteiger partial charge in [-0.25, -0.2) is 14.3 Å². The van der Waals surface area contributed by atoms with Crippen LogP contribution in [0.4, 0.5) is 0 Å². The summed E-state index contributed by atoms with van der Waals surface area (Å²) in [6.45, 7) is 2.10. The molecule has 6 heteroatoms. The summed E-state index contributed by atoms with van der Waals surface area (Å²) < 4.78 is 6.33. The third-order valence-electron chi connectivity index (χ3n) is 2.03. The molecule has 0 saturated carbocycles. The van der Waals surface area contributed by atoms with Gasteiger partial charge in [0.2, 0.25) is 0 Å². The van der Waals surface area contributed by atoms with Gasteiger partial charge < -0.3 is 4.74 Å². The van der Waals surface area contributed by atoms with Crippen LogP contribution in [0.2, 0.25) is 5.15 Å². The zero-order valence-corrected chi connectivity index (χ0v) is 9.89. The molecule has 0 fully saturated rings. The minimum Gasteiger partial charge on any atom is -0.463 e. The van der Waals surface area contributed by atoms with Crippen LogP contribution >= 0.6 is 11.6 Å². The van der Waals surface area contributed by atoms with Crippen molar-refractivity contribution in [1.82, 2.24) is 14.6 Å². The molecule has 5 nitrogen and oxygen atoms in total.